The Labute approximate surface area is 67.9 Å². The van der Waals surface area contributed by atoms with Gasteiger partial charge in [0.1, 0.15) is 0 Å². The third kappa shape index (κ3) is 0.613. The zero-order valence-electron chi connectivity index (χ0n) is 5.82. The Bertz CT molecular complexity index is 458. The molecule has 54 valence electrons. The molecule has 3 heteroatoms. The Morgan fingerprint density at radius 1 is 1.55 bits per heavy atom. The van der Waals surface area contributed by atoms with E-state index in [1.54, 1.807) is 0 Å². The third-order valence-electron chi connectivity index (χ3n) is 1.97. The van der Waals surface area contributed by atoms with Crippen molar-refractivity contribution >= 4 is 23.4 Å². The lowest BCUT2D eigenvalue weighted by Crippen LogP contribution is -2.05. The lowest BCUT2D eigenvalue weighted by atomic mass is 10.5. The van der Waals surface area contributed by atoms with Crippen LogP contribution >= 0.6 is 11.8 Å². The summed E-state index contributed by atoms with van der Waals surface area (Å²) < 4.78 is 2.13. The largest absolute Gasteiger partial charge is 0.299 e. The van der Waals surface area contributed by atoms with E-state index < -0.39 is 0 Å². The second-order valence-electron chi connectivity index (χ2n) is 2.60. The molecule has 0 amide bonds. The van der Waals surface area contributed by atoms with Gasteiger partial charge in [0, 0.05) is 10.6 Å². The first-order valence-corrected chi connectivity index (χ1v) is 4.51. The van der Waals surface area contributed by atoms with Crippen molar-refractivity contribution in [3.63, 3.8) is 0 Å². The second-order valence-corrected chi connectivity index (χ2v) is 3.66. The Kier molecular flexibility index (Phi) is 0.924. The van der Waals surface area contributed by atoms with Crippen LogP contribution in [-0.4, -0.2) is 15.1 Å². The molecular formula is C8H6N2S. The van der Waals surface area contributed by atoms with Gasteiger partial charge in [-0.1, -0.05) is 0 Å². The molecule has 0 spiro atoms. The minimum absolute atomic E-state index is 1.11. The van der Waals surface area contributed by atoms with Crippen molar-refractivity contribution in [3.8, 4) is 0 Å². The molecule has 11 heavy (non-hydrogen) atoms. The number of imidazole rings is 1. The fourth-order valence-electron chi connectivity index (χ4n) is 1.47. The lowest BCUT2D eigenvalue weighted by molar-refractivity contribution is 1.10. The van der Waals surface area contributed by atoms with Crippen LogP contribution in [0.1, 0.15) is 0 Å². The molecule has 0 radical (unpaired) electrons. The van der Waals surface area contributed by atoms with Crippen molar-refractivity contribution in [2.75, 3.05) is 5.75 Å². The predicted molar refractivity (Wildman–Crippen MR) is 45.6 cm³/mol. The summed E-state index contributed by atoms with van der Waals surface area (Å²) in [5, 5.41) is 1.32. The van der Waals surface area contributed by atoms with Gasteiger partial charge >= 0.3 is 0 Å². The summed E-state index contributed by atoms with van der Waals surface area (Å²) in [4.78, 5) is 5.46. The van der Waals surface area contributed by atoms with E-state index in [1.807, 2.05) is 24.3 Å². The average Bonchev–Trinajstić information content (AvgIpc) is 2.52. The molecule has 3 rings (SSSR count). The number of aromatic nitrogens is 2. The average molecular weight is 162 g/mol. The molecule has 3 heterocycles. The van der Waals surface area contributed by atoms with Crippen LogP contribution in [0.5, 0.6) is 0 Å². The molecule has 0 aliphatic carbocycles. The maximum absolute atomic E-state index is 4.07. The molecule has 0 fully saturated rings. The van der Waals surface area contributed by atoms with Gasteiger partial charge in [0.05, 0.1) is 23.4 Å². The highest BCUT2D eigenvalue weighted by molar-refractivity contribution is 7.99. The van der Waals surface area contributed by atoms with E-state index >= 15 is 0 Å². The van der Waals surface area contributed by atoms with Gasteiger partial charge < -0.3 is 0 Å². The first-order valence-electron chi connectivity index (χ1n) is 3.53. The van der Waals surface area contributed by atoms with Crippen LogP contribution in [-0.2, 0) is 0 Å². The summed E-state index contributed by atoms with van der Waals surface area (Å²) in [6, 6.07) is 2.19. The number of thioether (sulfide) groups is 1. The monoisotopic (exact) mass is 162 g/mol. The van der Waals surface area contributed by atoms with E-state index in [0.717, 1.165) is 5.75 Å². The van der Waals surface area contributed by atoms with E-state index in [9.17, 15) is 0 Å². The van der Waals surface area contributed by atoms with E-state index in [1.165, 1.54) is 15.8 Å². The van der Waals surface area contributed by atoms with Crippen LogP contribution in [0, 0.1) is 0 Å². The first-order chi connectivity index (χ1) is 5.45. The van der Waals surface area contributed by atoms with Crippen LogP contribution < -0.4 is 5.35 Å². The van der Waals surface area contributed by atoms with Gasteiger partial charge in [-0.25, -0.2) is 4.98 Å². The van der Waals surface area contributed by atoms with E-state index in [0.29, 0.717) is 0 Å². The van der Waals surface area contributed by atoms with Crippen molar-refractivity contribution in [2.45, 2.75) is 4.90 Å². The van der Waals surface area contributed by atoms with E-state index in [2.05, 4.69) is 21.5 Å². The van der Waals surface area contributed by atoms with Gasteiger partial charge in [0.25, 0.3) is 0 Å². The highest BCUT2D eigenvalue weighted by Crippen LogP contribution is 2.21. The van der Waals surface area contributed by atoms with Gasteiger partial charge in [-0.3, -0.25) is 4.40 Å². The second kappa shape index (κ2) is 1.80. The Morgan fingerprint density at radius 3 is 3.55 bits per heavy atom. The molecule has 0 N–H and O–H groups in total. The Morgan fingerprint density at radius 2 is 2.55 bits per heavy atom. The van der Waals surface area contributed by atoms with E-state index in [-0.39, 0.29) is 0 Å². The van der Waals surface area contributed by atoms with Crippen LogP contribution in [0.25, 0.3) is 11.6 Å². The number of rotatable bonds is 0. The van der Waals surface area contributed by atoms with Gasteiger partial charge in [0.2, 0.25) is 0 Å². The molecule has 0 bridgehead atoms. The molecule has 1 aliphatic heterocycles. The van der Waals surface area contributed by atoms with Crippen molar-refractivity contribution in [2.24, 2.45) is 0 Å². The maximum atomic E-state index is 4.07. The van der Waals surface area contributed by atoms with Gasteiger partial charge in [-0.05, 0) is 12.1 Å². The number of nitrogens with zero attached hydrogens (tertiary/aromatic N) is 2. The van der Waals surface area contributed by atoms with Crippen LogP contribution in [0.4, 0.5) is 0 Å². The summed E-state index contributed by atoms with van der Waals surface area (Å²) in [7, 11) is 0. The number of fused-ring (bicyclic) bond motifs is 3. The molecule has 1 aliphatic rings. The number of hydrogen-bond donors (Lipinski definition) is 0. The molecule has 0 saturated carbocycles. The topological polar surface area (TPSA) is 17.3 Å². The third-order valence-corrected chi connectivity index (χ3v) is 2.94. The van der Waals surface area contributed by atoms with Crippen molar-refractivity contribution in [1.29, 1.82) is 0 Å². The fraction of sp³-hybridized carbons (Fsp3) is 0.125. The molecule has 0 unspecified atom stereocenters. The zero-order valence-corrected chi connectivity index (χ0v) is 6.64. The van der Waals surface area contributed by atoms with Crippen molar-refractivity contribution in [1.82, 2.24) is 9.38 Å². The lowest BCUT2D eigenvalue weighted by Gasteiger charge is -1.79. The van der Waals surface area contributed by atoms with Gasteiger partial charge in [0.15, 0.2) is 0 Å². The highest BCUT2D eigenvalue weighted by Gasteiger charge is 2.08. The summed E-state index contributed by atoms with van der Waals surface area (Å²) in [5.41, 5.74) is 1.21. The molecule has 2 aromatic heterocycles. The SMILES string of the molecule is C1=c2c(cc3cncn23)SC1. The molecule has 0 atom stereocenters. The predicted octanol–water partition coefficient (Wildman–Crippen LogP) is 0.939. The minimum Gasteiger partial charge on any atom is -0.299 e. The first kappa shape index (κ1) is 5.66. The van der Waals surface area contributed by atoms with Crippen molar-refractivity contribution < 1.29 is 0 Å². The quantitative estimate of drug-likeness (QED) is 0.573. The smallest absolute Gasteiger partial charge is 0.0997 e. The summed E-state index contributed by atoms with van der Waals surface area (Å²) in [6.45, 7) is 0. The zero-order chi connectivity index (χ0) is 7.26. The van der Waals surface area contributed by atoms with Crippen LogP contribution in [0.2, 0.25) is 0 Å². The minimum atomic E-state index is 1.11. The normalized spacial score (nSPS) is 15.3. The molecule has 0 saturated heterocycles. The van der Waals surface area contributed by atoms with Crippen LogP contribution in [0.3, 0.4) is 0 Å². The van der Waals surface area contributed by atoms with Gasteiger partial charge in [-0.2, -0.15) is 0 Å². The van der Waals surface area contributed by atoms with Gasteiger partial charge in [-0.15, -0.1) is 11.8 Å². The summed E-state index contributed by atoms with van der Waals surface area (Å²) >= 11 is 1.89. The van der Waals surface area contributed by atoms with Crippen molar-refractivity contribution in [3.05, 3.63) is 23.9 Å². The fourth-order valence-corrected chi connectivity index (χ4v) is 2.42. The Balaban J connectivity index is 2.63. The Hall–Kier alpha value is -0.960. The molecule has 2 nitrogen and oxygen atoms in total. The van der Waals surface area contributed by atoms with E-state index in [4.69, 9.17) is 0 Å². The molecular weight excluding hydrogens is 156 g/mol. The highest BCUT2D eigenvalue weighted by atomic mass is 32.2. The van der Waals surface area contributed by atoms with Crippen LogP contribution in [0.15, 0.2) is 23.5 Å². The maximum Gasteiger partial charge on any atom is 0.0997 e. The number of hydrogen-bond acceptors (Lipinski definition) is 2. The molecule has 0 aromatic carbocycles. The summed E-state index contributed by atoms with van der Waals surface area (Å²) in [5.74, 6) is 1.11. The summed E-state index contributed by atoms with van der Waals surface area (Å²) in [6.07, 6.45) is 6.01. The standard InChI is InChI=1S/C8H6N2S/c1-2-11-8-3-6-4-9-5-10(6)7(1)8/h1,3-5H,2H2. The molecule has 2 aromatic rings.